The zero-order valence-corrected chi connectivity index (χ0v) is 14.3. The van der Waals surface area contributed by atoms with Crippen LogP contribution < -0.4 is 15.4 Å². The summed E-state index contributed by atoms with van der Waals surface area (Å²) in [6.07, 6.45) is 5.74. The van der Waals surface area contributed by atoms with Crippen LogP contribution in [0.4, 0.5) is 5.69 Å². The summed E-state index contributed by atoms with van der Waals surface area (Å²) in [7, 11) is 0. The Kier molecular flexibility index (Phi) is 9.23. The summed E-state index contributed by atoms with van der Waals surface area (Å²) in [5, 5.41) is 6.03. The Bertz CT molecular complexity index is 460. The standard InChI is InChI=1S/C17H26N2O2S/c1-3-5-7-8-16(20)19-17(22)18-14-9-11-15(12-10-14)21-13-6-4-2/h9-12H,3-8,13H2,1-2H3,(H2,18,19,20,22). The van der Waals surface area contributed by atoms with Gasteiger partial charge in [0, 0.05) is 12.1 Å². The van der Waals surface area contributed by atoms with E-state index in [1.807, 2.05) is 24.3 Å². The van der Waals surface area contributed by atoms with E-state index in [0.29, 0.717) is 11.5 Å². The van der Waals surface area contributed by atoms with Crippen molar-refractivity contribution in [3.63, 3.8) is 0 Å². The molecule has 1 aromatic rings. The average Bonchev–Trinajstić information content (AvgIpc) is 2.49. The number of rotatable bonds is 9. The van der Waals surface area contributed by atoms with Gasteiger partial charge in [0.05, 0.1) is 6.61 Å². The monoisotopic (exact) mass is 322 g/mol. The Balaban J connectivity index is 2.33. The minimum atomic E-state index is -0.0366. The number of ether oxygens (including phenoxy) is 1. The van der Waals surface area contributed by atoms with Crippen LogP contribution in [0.5, 0.6) is 5.75 Å². The van der Waals surface area contributed by atoms with E-state index in [4.69, 9.17) is 17.0 Å². The first-order valence-corrected chi connectivity index (χ1v) is 8.40. The summed E-state index contributed by atoms with van der Waals surface area (Å²) in [5.74, 6) is 0.805. The molecule has 0 saturated carbocycles. The fourth-order valence-electron chi connectivity index (χ4n) is 1.86. The molecule has 0 heterocycles. The predicted molar refractivity (Wildman–Crippen MR) is 95.4 cm³/mol. The average molecular weight is 322 g/mol. The molecule has 0 unspecified atom stereocenters. The van der Waals surface area contributed by atoms with Crippen LogP contribution in [-0.2, 0) is 4.79 Å². The van der Waals surface area contributed by atoms with Crippen molar-refractivity contribution < 1.29 is 9.53 Å². The molecule has 0 aliphatic heterocycles. The maximum absolute atomic E-state index is 11.7. The lowest BCUT2D eigenvalue weighted by Crippen LogP contribution is -2.33. The number of hydrogen-bond acceptors (Lipinski definition) is 3. The number of thiocarbonyl (C=S) groups is 1. The molecular formula is C17H26N2O2S. The first kappa shape index (κ1) is 18.4. The molecule has 122 valence electrons. The molecule has 2 N–H and O–H groups in total. The van der Waals surface area contributed by atoms with Crippen LogP contribution in [0.3, 0.4) is 0 Å². The molecule has 0 atom stereocenters. The predicted octanol–water partition coefficient (Wildman–Crippen LogP) is 4.26. The van der Waals surface area contributed by atoms with Gasteiger partial charge in [0.1, 0.15) is 5.75 Å². The highest BCUT2D eigenvalue weighted by molar-refractivity contribution is 7.80. The third-order valence-electron chi connectivity index (χ3n) is 3.14. The molecule has 0 bridgehead atoms. The van der Waals surface area contributed by atoms with E-state index < -0.39 is 0 Å². The van der Waals surface area contributed by atoms with Gasteiger partial charge in [-0.2, -0.15) is 0 Å². The molecule has 0 aromatic heterocycles. The second kappa shape index (κ2) is 11.0. The Labute approximate surface area is 138 Å². The van der Waals surface area contributed by atoms with Gasteiger partial charge in [-0.3, -0.25) is 4.79 Å². The van der Waals surface area contributed by atoms with Crippen molar-refractivity contribution in [2.24, 2.45) is 0 Å². The van der Waals surface area contributed by atoms with Gasteiger partial charge in [-0.25, -0.2) is 0 Å². The number of hydrogen-bond donors (Lipinski definition) is 2. The van der Waals surface area contributed by atoms with E-state index in [9.17, 15) is 4.79 Å². The van der Waals surface area contributed by atoms with E-state index in [0.717, 1.165) is 50.1 Å². The van der Waals surface area contributed by atoms with Crippen LogP contribution in [0.15, 0.2) is 24.3 Å². The number of nitrogens with one attached hydrogen (secondary N) is 2. The zero-order chi connectivity index (χ0) is 16.2. The highest BCUT2D eigenvalue weighted by Crippen LogP contribution is 2.16. The lowest BCUT2D eigenvalue weighted by Gasteiger charge is -2.10. The summed E-state index contributed by atoms with van der Waals surface area (Å²) >= 11 is 5.14. The van der Waals surface area contributed by atoms with Crippen molar-refractivity contribution in [1.82, 2.24) is 5.32 Å². The maximum Gasteiger partial charge on any atom is 0.226 e. The molecule has 0 aliphatic carbocycles. The van der Waals surface area contributed by atoms with Crippen LogP contribution in [0.1, 0.15) is 52.4 Å². The molecule has 0 saturated heterocycles. The smallest absolute Gasteiger partial charge is 0.226 e. The van der Waals surface area contributed by atoms with Crippen LogP contribution in [0.2, 0.25) is 0 Å². The lowest BCUT2D eigenvalue weighted by molar-refractivity contribution is -0.119. The van der Waals surface area contributed by atoms with E-state index in [2.05, 4.69) is 24.5 Å². The summed E-state index contributed by atoms with van der Waals surface area (Å²) < 4.78 is 5.60. The largest absolute Gasteiger partial charge is 0.494 e. The van der Waals surface area contributed by atoms with Gasteiger partial charge in [0.25, 0.3) is 0 Å². The van der Waals surface area contributed by atoms with E-state index in [-0.39, 0.29) is 5.91 Å². The summed E-state index contributed by atoms with van der Waals surface area (Å²) in [6.45, 7) is 4.98. The highest BCUT2D eigenvalue weighted by Gasteiger charge is 2.04. The van der Waals surface area contributed by atoms with Crippen LogP contribution in [0, 0.1) is 0 Å². The van der Waals surface area contributed by atoms with Crippen LogP contribution in [-0.4, -0.2) is 17.6 Å². The maximum atomic E-state index is 11.7. The van der Waals surface area contributed by atoms with Gasteiger partial charge in [-0.1, -0.05) is 33.1 Å². The van der Waals surface area contributed by atoms with Crippen molar-refractivity contribution in [2.45, 2.75) is 52.4 Å². The third-order valence-corrected chi connectivity index (χ3v) is 3.34. The fourth-order valence-corrected chi connectivity index (χ4v) is 2.09. The number of amides is 1. The van der Waals surface area contributed by atoms with Gasteiger partial charge in [0.2, 0.25) is 5.91 Å². The van der Waals surface area contributed by atoms with Crippen LogP contribution >= 0.6 is 12.2 Å². The molecule has 0 fully saturated rings. The summed E-state index contributed by atoms with van der Waals surface area (Å²) in [4.78, 5) is 11.7. The van der Waals surface area contributed by atoms with Crippen molar-refractivity contribution in [3.8, 4) is 5.75 Å². The van der Waals surface area contributed by atoms with Crippen molar-refractivity contribution in [1.29, 1.82) is 0 Å². The molecule has 0 spiro atoms. The van der Waals surface area contributed by atoms with Gasteiger partial charge in [-0.05, 0) is 49.3 Å². The molecule has 1 aromatic carbocycles. The Morgan fingerprint density at radius 1 is 1.09 bits per heavy atom. The van der Waals surface area contributed by atoms with Crippen molar-refractivity contribution in [2.75, 3.05) is 11.9 Å². The van der Waals surface area contributed by atoms with E-state index >= 15 is 0 Å². The topological polar surface area (TPSA) is 50.4 Å². The normalized spacial score (nSPS) is 10.1. The van der Waals surface area contributed by atoms with Crippen molar-refractivity contribution >= 4 is 28.9 Å². The first-order valence-electron chi connectivity index (χ1n) is 7.99. The second-order valence-electron chi connectivity index (χ2n) is 5.19. The van der Waals surface area contributed by atoms with Gasteiger partial charge >= 0.3 is 0 Å². The molecule has 4 nitrogen and oxygen atoms in total. The summed E-state index contributed by atoms with van der Waals surface area (Å²) in [6, 6.07) is 7.56. The minimum absolute atomic E-state index is 0.0366. The number of benzene rings is 1. The van der Waals surface area contributed by atoms with E-state index in [1.54, 1.807) is 0 Å². The Morgan fingerprint density at radius 2 is 1.77 bits per heavy atom. The fraction of sp³-hybridized carbons (Fsp3) is 0.529. The molecule has 1 rings (SSSR count). The Morgan fingerprint density at radius 3 is 2.41 bits per heavy atom. The van der Waals surface area contributed by atoms with Gasteiger partial charge in [0.15, 0.2) is 5.11 Å². The van der Waals surface area contributed by atoms with Crippen molar-refractivity contribution in [3.05, 3.63) is 24.3 Å². The minimum Gasteiger partial charge on any atom is -0.494 e. The molecule has 1 amide bonds. The first-order chi connectivity index (χ1) is 10.7. The lowest BCUT2D eigenvalue weighted by atomic mass is 10.2. The Hall–Kier alpha value is -1.62. The third kappa shape index (κ3) is 7.98. The second-order valence-corrected chi connectivity index (χ2v) is 5.59. The highest BCUT2D eigenvalue weighted by atomic mass is 32.1. The molecular weight excluding hydrogens is 296 g/mol. The van der Waals surface area contributed by atoms with Gasteiger partial charge in [-0.15, -0.1) is 0 Å². The van der Waals surface area contributed by atoms with Gasteiger partial charge < -0.3 is 15.4 Å². The molecule has 5 heteroatoms. The SMILES string of the molecule is CCCCCC(=O)NC(=S)Nc1ccc(OCCCC)cc1. The number of unbranched alkanes of at least 4 members (excludes halogenated alkanes) is 3. The zero-order valence-electron chi connectivity index (χ0n) is 13.5. The number of carbonyl (C=O) groups excluding carboxylic acids is 1. The summed E-state index contributed by atoms with van der Waals surface area (Å²) in [5.41, 5.74) is 0.835. The number of carbonyl (C=O) groups is 1. The number of anilines is 1. The van der Waals surface area contributed by atoms with Crippen LogP contribution in [0.25, 0.3) is 0 Å². The molecule has 22 heavy (non-hydrogen) atoms. The molecule has 0 radical (unpaired) electrons. The quantitative estimate of drug-likeness (QED) is 0.527. The van der Waals surface area contributed by atoms with E-state index in [1.165, 1.54) is 0 Å². The molecule has 0 aliphatic rings.